The quantitative estimate of drug-likeness (QED) is 0.827. The van der Waals surface area contributed by atoms with Gasteiger partial charge in [0.15, 0.2) is 0 Å². The summed E-state index contributed by atoms with van der Waals surface area (Å²) in [5.74, 6) is 1.42. The lowest BCUT2D eigenvalue weighted by Gasteiger charge is -2.27. The molecule has 3 nitrogen and oxygen atoms in total. The highest BCUT2D eigenvalue weighted by molar-refractivity contribution is 5.31. The zero-order valence-electron chi connectivity index (χ0n) is 11.2. The fourth-order valence-corrected chi connectivity index (χ4v) is 1.49. The highest BCUT2D eigenvalue weighted by atomic mass is 16.5. The molecule has 0 amide bonds. The number of methoxy groups -OCH3 is 1. The van der Waals surface area contributed by atoms with Crippen molar-refractivity contribution in [2.75, 3.05) is 20.3 Å². The molecule has 96 valence electrons. The summed E-state index contributed by atoms with van der Waals surface area (Å²) in [6.07, 6.45) is 0. The van der Waals surface area contributed by atoms with Gasteiger partial charge in [-0.15, -0.1) is 0 Å². The summed E-state index contributed by atoms with van der Waals surface area (Å²) < 4.78 is 11.1. The van der Waals surface area contributed by atoms with Crippen LogP contribution >= 0.6 is 0 Å². The van der Waals surface area contributed by atoms with Crippen molar-refractivity contribution < 1.29 is 9.47 Å². The Morgan fingerprint density at radius 1 is 1.24 bits per heavy atom. The Kier molecular flexibility index (Phi) is 4.97. The number of hydrogen-bond donors (Lipinski definition) is 1. The molecular weight excluding hydrogens is 214 g/mol. The lowest BCUT2D eigenvalue weighted by Crippen LogP contribution is -2.33. The molecule has 0 aliphatic rings. The van der Waals surface area contributed by atoms with Gasteiger partial charge in [-0.2, -0.15) is 0 Å². The minimum absolute atomic E-state index is 0.420. The Labute approximate surface area is 104 Å². The third kappa shape index (κ3) is 3.72. The molecule has 3 heteroatoms. The molecule has 0 saturated heterocycles. The van der Waals surface area contributed by atoms with Gasteiger partial charge in [0.2, 0.25) is 0 Å². The summed E-state index contributed by atoms with van der Waals surface area (Å²) in [7, 11) is 1.68. The Bertz CT molecular complexity index is 329. The average molecular weight is 237 g/mol. The molecule has 1 aromatic carbocycles. The van der Waals surface area contributed by atoms with Crippen molar-refractivity contribution >= 4 is 0 Å². The van der Waals surface area contributed by atoms with E-state index >= 15 is 0 Å². The fourth-order valence-electron chi connectivity index (χ4n) is 1.49. The molecule has 0 aliphatic carbocycles. The maximum absolute atomic E-state index is 5.73. The summed E-state index contributed by atoms with van der Waals surface area (Å²) in [6.45, 7) is 7.43. The molecule has 1 atom stereocenters. The first-order valence-electron chi connectivity index (χ1n) is 6.00. The summed E-state index contributed by atoms with van der Waals surface area (Å²) in [5, 5.41) is 0. The van der Waals surface area contributed by atoms with Gasteiger partial charge in [0.25, 0.3) is 0 Å². The molecule has 0 bridgehead atoms. The van der Waals surface area contributed by atoms with Crippen LogP contribution in [0.25, 0.3) is 0 Å². The highest BCUT2D eigenvalue weighted by Gasteiger charge is 2.23. The van der Waals surface area contributed by atoms with Gasteiger partial charge < -0.3 is 15.2 Å². The molecule has 1 rings (SSSR count). The van der Waals surface area contributed by atoms with E-state index in [-0.39, 0.29) is 0 Å². The number of benzene rings is 1. The number of nitrogens with two attached hydrogens (primary N) is 1. The van der Waals surface area contributed by atoms with E-state index in [1.165, 1.54) is 0 Å². The van der Waals surface area contributed by atoms with Gasteiger partial charge in [-0.1, -0.05) is 26.0 Å². The van der Waals surface area contributed by atoms with Crippen LogP contribution in [-0.2, 0) is 10.3 Å². The van der Waals surface area contributed by atoms with Crippen LogP contribution in [0.1, 0.15) is 26.3 Å². The second-order valence-electron chi connectivity index (χ2n) is 4.87. The van der Waals surface area contributed by atoms with Crippen LogP contribution in [0.4, 0.5) is 0 Å². The first-order chi connectivity index (χ1) is 8.01. The fraction of sp³-hybridized carbons (Fsp3) is 0.571. The van der Waals surface area contributed by atoms with Crippen LogP contribution in [-0.4, -0.2) is 20.3 Å². The van der Waals surface area contributed by atoms with Gasteiger partial charge in [0, 0.05) is 13.7 Å². The Balaban J connectivity index is 2.73. The van der Waals surface area contributed by atoms with E-state index < -0.39 is 5.60 Å². The van der Waals surface area contributed by atoms with Gasteiger partial charge in [0.1, 0.15) is 11.4 Å². The SMILES string of the molecule is COC(C)(CN)c1ccc(OCC(C)C)cc1. The van der Waals surface area contributed by atoms with Crippen molar-refractivity contribution in [2.45, 2.75) is 26.4 Å². The van der Waals surface area contributed by atoms with Crippen molar-refractivity contribution in [3.05, 3.63) is 29.8 Å². The molecule has 0 aliphatic heterocycles. The smallest absolute Gasteiger partial charge is 0.119 e. The maximum Gasteiger partial charge on any atom is 0.119 e. The summed E-state index contributed by atoms with van der Waals surface area (Å²) >= 11 is 0. The van der Waals surface area contributed by atoms with Crippen molar-refractivity contribution in [3.63, 3.8) is 0 Å². The zero-order chi connectivity index (χ0) is 12.9. The monoisotopic (exact) mass is 237 g/mol. The number of hydrogen-bond acceptors (Lipinski definition) is 3. The van der Waals surface area contributed by atoms with E-state index in [9.17, 15) is 0 Å². The summed E-state index contributed by atoms with van der Waals surface area (Å²) in [5.41, 5.74) is 6.38. The number of rotatable bonds is 6. The van der Waals surface area contributed by atoms with Crippen LogP contribution in [0.5, 0.6) is 5.75 Å². The van der Waals surface area contributed by atoms with E-state index in [0.29, 0.717) is 12.5 Å². The predicted molar refractivity (Wildman–Crippen MR) is 70.2 cm³/mol. The molecule has 0 spiro atoms. The van der Waals surface area contributed by atoms with Crippen molar-refractivity contribution in [1.29, 1.82) is 0 Å². The third-order valence-corrected chi connectivity index (χ3v) is 2.89. The molecule has 1 unspecified atom stereocenters. The first-order valence-corrected chi connectivity index (χ1v) is 6.00. The van der Waals surface area contributed by atoms with Gasteiger partial charge in [-0.05, 0) is 30.5 Å². The normalized spacial score (nSPS) is 14.7. The third-order valence-electron chi connectivity index (χ3n) is 2.89. The van der Waals surface area contributed by atoms with E-state index in [1.54, 1.807) is 7.11 Å². The first kappa shape index (κ1) is 14.0. The predicted octanol–water partition coefficient (Wildman–Crippen LogP) is 2.54. The Morgan fingerprint density at radius 2 is 1.82 bits per heavy atom. The van der Waals surface area contributed by atoms with Gasteiger partial charge in [-0.25, -0.2) is 0 Å². The zero-order valence-corrected chi connectivity index (χ0v) is 11.2. The second kappa shape index (κ2) is 6.03. The Hall–Kier alpha value is -1.06. The van der Waals surface area contributed by atoms with E-state index in [1.807, 2.05) is 31.2 Å². The highest BCUT2D eigenvalue weighted by Crippen LogP contribution is 2.25. The van der Waals surface area contributed by atoms with Crippen LogP contribution in [0.15, 0.2) is 24.3 Å². The second-order valence-corrected chi connectivity index (χ2v) is 4.87. The standard InChI is InChI=1S/C14H23NO2/c1-11(2)9-17-13-7-5-12(6-8-13)14(3,10-15)16-4/h5-8,11H,9-10,15H2,1-4H3. The lowest BCUT2D eigenvalue weighted by molar-refractivity contribution is 0.0100. The molecule has 0 aromatic heterocycles. The maximum atomic E-state index is 5.73. The Morgan fingerprint density at radius 3 is 2.24 bits per heavy atom. The van der Waals surface area contributed by atoms with Crippen LogP contribution in [0.3, 0.4) is 0 Å². The van der Waals surface area contributed by atoms with Gasteiger partial charge >= 0.3 is 0 Å². The van der Waals surface area contributed by atoms with Gasteiger partial charge in [0.05, 0.1) is 6.61 Å². The molecule has 0 saturated carbocycles. The van der Waals surface area contributed by atoms with Crippen molar-refractivity contribution in [1.82, 2.24) is 0 Å². The van der Waals surface area contributed by atoms with E-state index in [0.717, 1.165) is 17.9 Å². The molecular formula is C14H23NO2. The number of ether oxygens (including phenoxy) is 2. The molecule has 1 aromatic rings. The minimum Gasteiger partial charge on any atom is -0.493 e. The summed E-state index contributed by atoms with van der Waals surface area (Å²) in [6, 6.07) is 7.94. The molecule has 0 radical (unpaired) electrons. The van der Waals surface area contributed by atoms with E-state index in [4.69, 9.17) is 15.2 Å². The molecule has 17 heavy (non-hydrogen) atoms. The minimum atomic E-state index is -0.420. The van der Waals surface area contributed by atoms with Crippen LogP contribution in [0.2, 0.25) is 0 Å². The summed E-state index contributed by atoms with van der Waals surface area (Å²) in [4.78, 5) is 0. The average Bonchev–Trinajstić information content (AvgIpc) is 2.36. The van der Waals surface area contributed by atoms with Gasteiger partial charge in [-0.3, -0.25) is 0 Å². The molecule has 0 fully saturated rings. The largest absolute Gasteiger partial charge is 0.493 e. The molecule has 0 heterocycles. The topological polar surface area (TPSA) is 44.5 Å². The van der Waals surface area contributed by atoms with Crippen molar-refractivity contribution in [2.24, 2.45) is 11.7 Å². The van der Waals surface area contributed by atoms with Crippen LogP contribution < -0.4 is 10.5 Å². The lowest BCUT2D eigenvalue weighted by atomic mass is 9.96. The molecule has 2 N–H and O–H groups in total. The van der Waals surface area contributed by atoms with Crippen molar-refractivity contribution in [3.8, 4) is 5.75 Å². The van der Waals surface area contributed by atoms with Crippen LogP contribution in [0, 0.1) is 5.92 Å². The van der Waals surface area contributed by atoms with E-state index in [2.05, 4.69) is 13.8 Å².